The predicted molar refractivity (Wildman–Crippen MR) is 40.2 cm³/mol. The van der Waals surface area contributed by atoms with Gasteiger partial charge in [-0.1, -0.05) is 6.92 Å². The molecule has 0 spiro atoms. The van der Waals surface area contributed by atoms with Crippen molar-refractivity contribution in [2.75, 3.05) is 0 Å². The second-order valence-corrected chi connectivity index (χ2v) is 2.29. The lowest BCUT2D eigenvalue weighted by Crippen LogP contribution is -1.94. The minimum atomic E-state index is 0.671. The van der Waals surface area contributed by atoms with E-state index in [1.165, 1.54) is 5.69 Å². The first-order valence-corrected chi connectivity index (χ1v) is 3.55. The standard InChI is InChI=1S/C7H8N4/c1-2-6-3-4-8-7-10-9-5-11(6)7/h3-5H,2H2,1H3. The topological polar surface area (TPSA) is 43.1 Å². The van der Waals surface area contributed by atoms with Crippen LogP contribution in [0.3, 0.4) is 0 Å². The largest absolute Gasteiger partial charge is 0.270 e. The van der Waals surface area contributed by atoms with Crippen molar-refractivity contribution in [3.63, 3.8) is 0 Å². The first-order valence-electron chi connectivity index (χ1n) is 3.55. The Kier molecular flexibility index (Phi) is 1.31. The molecule has 0 aliphatic rings. The number of nitrogens with zero attached hydrogens (tertiary/aromatic N) is 4. The van der Waals surface area contributed by atoms with Crippen LogP contribution in [0.4, 0.5) is 0 Å². The quantitative estimate of drug-likeness (QED) is 0.597. The molecule has 0 saturated heterocycles. The molecule has 0 bridgehead atoms. The second-order valence-electron chi connectivity index (χ2n) is 2.29. The van der Waals surface area contributed by atoms with Crippen LogP contribution in [-0.4, -0.2) is 19.6 Å². The van der Waals surface area contributed by atoms with Crippen molar-refractivity contribution in [3.05, 3.63) is 24.3 Å². The van der Waals surface area contributed by atoms with Crippen LogP contribution < -0.4 is 0 Å². The van der Waals surface area contributed by atoms with Crippen LogP contribution in [0.1, 0.15) is 12.6 Å². The summed E-state index contributed by atoms with van der Waals surface area (Å²) in [6.45, 7) is 2.09. The molecule has 0 aromatic carbocycles. The van der Waals surface area contributed by atoms with Gasteiger partial charge in [-0.05, 0) is 12.5 Å². The number of fused-ring (bicyclic) bond motifs is 1. The molecule has 0 amide bonds. The number of aryl methyl sites for hydroxylation is 1. The monoisotopic (exact) mass is 148 g/mol. The molecular formula is C7H8N4. The van der Waals surface area contributed by atoms with Gasteiger partial charge in [0, 0.05) is 11.9 Å². The van der Waals surface area contributed by atoms with Gasteiger partial charge in [-0.15, -0.1) is 10.2 Å². The van der Waals surface area contributed by atoms with Gasteiger partial charge in [-0.3, -0.25) is 4.40 Å². The molecule has 2 aromatic heterocycles. The Hall–Kier alpha value is -1.45. The van der Waals surface area contributed by atoms with Crippen molar-refractivity contribution in [1.29, 1.82) is 0 Å². The summed E-state index contributed by atoms with van der Waals surface area (Å²) in [7, 11) is 0. The zero-order chi connectivity index (χ0) is 7.68. The summed E-state index contributed by atoms with van der Waals surface area (Å²) in [6, 6.07) is 1.97. The van der Waals surface area contributed by atoms with E-state index in [4.69, 9.17) is 0 Å². The number of hydrogen-bond donors (Lipinski definition) is 0. The maximum Gasteiger partial charge on any atom is 0.254 e. The van der Waals surface area contributed by atoms with Crippen LogP contribution in [0.15, 0.2) is 18.6 Å². The van der Waals surface area contributed by atoms with Crippen LogP contribution in [0, 0.1) is 0 Å². The lowest BCUT2D eigenvalue weighted by molar-refractivity contribution is 0.951. The molecule has 4 nitrogen and oxygen atoms in total. The molecule has 0 N–H and O–H groups in total. The molecule has 0 fully saturated rings. The third-order valence-corrected chi connectivity index (χ3v) is 1.66. The molecule has 2 heterocycles. The lowest BCUT2D eigenvalue weighted by Gasteiger charge is -1.97. The smallest absolute Gasteiger partial charge is 0.254 e. The maximum absolute atomic E-state index is 4.04. The highest BCUT2D eigenvalue weighted by Crippen LogP contribution is 2.00. The van der Waals surface area contributed by atoms with Gasteiger partial charge in [0.2, 0.25) is 0 Å². The zero-order valence-corrected chi connectivity index (χ0v) is 6.23. The van der Waals surface area contributed by atoms with E-state index in [9.17, 15) is 0 Å². The Bertz CT molecular complexity index is 365. The van der Waals surface area contributed by atoms with E-state index < -0.39 is 0 Å². The zero-order valence-electron chi connectivity index (χ0n) is 6.23. The molecule has 0 atom stereocenters. The molecule has 0 unspecified atom stereocenters. The number of hydrogen-bond acceptors (Lipinski definition) is 3. The fraction of sp³-hybridized carbons (Fsp3) is 0.286. The van der Waals surface area contributed by atoms with Crippen LogP contribution in [0.2, 0.25) is 0 Å². The van der Waals surface area contributed by atoms with Crippen molar-refractivity contribution in [2.45, 2.75) is 13.3 Å². The summed E-state index contributed by atoms with van der Waals surface area (Å²) in [5.41, 5.74) is 1.18. The molecule has 0 radical (unpaired) electrons. The van der Waals surface area contributed by atoms with Crippen LogP contribution in [0.25, 0.3) is 5.78 Å². The van der Waals surface area contributed by atoms with Gasteiger partial charge in [0.05, 0.1) is 0 Å². The van der Waals surface area contributed by atoms with Gasteiger partial charge in [0.25, 0.3) is 5.78 Å². The second kappa shape index (κ2) is 2.30. The molecule has 11 heavy (non-hydrogen) atoms. The van der Waals surface area contributed by atoms with E-state index >= 15 is 0 Å². The Morgan fingerprint density at radius 2 is 2.45 bits per heavy atom. The van der Waals surface area contributed by atoms with Crippen molar-refractivity contribution in [1.82, 2.24) is 19.6 Å². The average molecular weight is 148 g/mol. The summed E-state index contributed by atoms with van der Waals surface area (Å²) < 4.78 is 1.89. The fourth-order valence-corrected chi connectivity index (χ4v) is 1.08. The first kappa shape index (κ1) is 6.27. The van der Waals surface area contributed by atoms with Crippen molar-refractivity contribution < 1.29 is 0 Å². The predicted octanol–water partition coefficient (Wildman–Crippen LogP) is 0.687. The Labute approximate surface area is 63.9 Å². The number of aromatic nitrogens is 4. The van der Waals surface area contributed by atoms with E-state index in [1.807, 2.05) is 10.5 Å². The maximum atomic E-state index is 4.04. The normalized spacial score (nSPS) is 10.6. The third-order valence-electron chi connectivity index (χ3n) is 1.66. The highest BCUT2D eigenvalue weighted by molar-refractivity contribution is 5.27. The summed E-state index contributed by atoms with van der Waals surface area (Å²) >= 11 is 0. The van der Waals surface area contributed by atoms with Gasteiger partial charge >= 0.3 is 0 Å². The molecule has 0 aliphatic carbocycles. The van der Waals surface area contributed by atoms with Crippen LogP contribution in [-0.2, 0) is 6.42 Å². The van der Waals surface area contributed by atoms with Gasteiger partial charge in [0.1, 0.15) is 6.33 Å². The van der Waals surface area contributed by atoms with Crippen molar-refractivity contribution >= 4 is 5.78 Å². The molecule has 0 saturated carbocycles. The van der Waals surface area contributed by atoms with Crippen LogP contribution >= 0.6 is 0 Å². The Morgan fingerprint density at radius 3 is 3.27 bits per heavy atom. The minimum absolute atomic E-state index is 0.671. The average Bonchev–Trinajstić information content (AvgIpc) is 2.50. The van der Waals surface area contributed by atoms with E-state index in [2.05, 4.69) is 22.1 Å². The third kappa shape index (κ3) is 0.869. The Morgan fingerprint density at radius 1 is 1.55 bits per heavy atom. The molecule has 2 aromatic rings. The molecule has 0 aliphatic heterocycles. The van der Waals surface area contributed by atoms with E-state index in [1.54, 1.807) is 12.5 Å². The van der Waals surface area contributed by atoms with E-state index in [0.29, 0.717) is 5.78 Å². The summed E-state index contributed by atoms with van der Waals surface area (Å²) in [6.07, 6.45) is 4.40. The minimum Gasteiger partial charge on any atom is -0.270 e. The van der Waals surface area contributed by atoms with Gasteiger partial charge in [-0.25, -0.2) is 4.98 Å². The highest BCUT2D eigenvalue weighted by Gasteiger charge is 1.98. The highest BCUT2D eigenvalue weighted by atomic mass is 15.3. The number of rotatable bonds is 1. The van der Waals surface area contributed by atoms with Crippen molar-refractivity contribution in [2.24, 2.45) is 0 Å². The fourth-order valence-electron chi connectivity index (χ4n) is 1.08. The summed E-state index contributed by atoms with van der Waals surface area (Å²) in [4.78, 5) is 4.04. The Balaban J connectivity index is 2.79. The van der Waals surface area contributed by atoms with Gasteiger partial charge in [0.15, 0.2) is 0 Å². The van der Waals surface area contributed by atoms with E-state index in [0.717, 1.165) is 6.42 Å². The SMILES string of the molecule is CCc1ccnc2nncn12. The van der Waals surface area contributed by atoms with Gasteiger partial charge < -0.3 is 0 Å². The van der Waals surface area contributed by atoms with Crippen LogP contribution in [0.5, 0.6) is 0 Å². The van der Waals surface area contributed by atoms with Gasteiger partial charge in [-0.2, -0.15) is 0 Å². The van der Waals surface area contributed by atoms with E-state index in [-0.39, 0.29) is 0 Å². The molecular weight excluding hydrogens is 140 g/mol. The van der Waals surface area contributed by atoms with Crippen molar-refractivity contribution in [3.8, 4) is 0 Å². The first-order chi connectivity index (χ1) is 5.42. The molecule has 56 valence electrons. The lowest BCUT2D eigenvalue weighted by atomic mass is 10.3. The summed E-state index contributed by atoms with van der Waals surface area (Å²) in [5.74, 6) is 0.671. The summed E-state index contributed by atoms with van der Waals surface area (Å²) in [5, 5.41) is 7.59. The molecule has 4 heteroatoms. The molecule has 2 rings (SSSR count).